The van der Waals surface area contributed by atoms with Crippen molar-refractivity contribution in [2.45, 2.75) is 45.9 Å². The van der Waals surface area contributed by atoms with Crippen molar-refractivity contribution in [1.29, 1.82) is 0 Å². The number of hydrogen-bond acceptors (Lipinski definition) is 4. The van der Waals surface area contributed by atoms with Gasteiger partial charge in [-0.3, -0.25) is 4.57 Å². The minimum absolute atomic E-state index is 0. The number of para-hydroxylation sites is 1. The van der Waals surface area contributed by atoms with E-state index in [0.717, 1.165) is 47.5 Å². The Labute approximate surface area is 206 Å². The lowest BCUT2D eigenvalue weighted by atomic mass is 10.1. The number of aryl methyl sites for hydroxylation is 2. The number of nitrogens with one attached hydrogen (secondary N) is 1. The Balaban J connectivity index is 0.00000342. The van der Waals surface area contributed by atoms with Gasteiger partial charge < -0.3 is 24.8 Å². The Morgan fingerprint density at radius 1 is 1.03 bits per heavy atom. The van der Waals surface area contributed by atoms with Gasteiger partial charge in [0.1, 0.15) is 5.82 Å². The Bertz CT molecular complexity index is 1290. The third-order valence-corrected chi connectivity index (χ3v) is 7.59. The van der Waals surface area contributed by atoms with Gasteiger partial charge in [0, 0.05) is 18.7 Å². The van der Waals surface area contributed by atoms with Crippen molar-refractivity contribution in [1.82, 2.24) is 9.55 Å². The molecule has 0 aliphatic carbocycles. The van der Waals surface area contributed by atoms with Crippen LogP contribution < -0.4 is 5.32 Å². The van der Waals surface area contributed by atoms with Crippen molar-refractivity contribution in [3.05, 3.63) is 95.3 Å². The number of rotatable bonds is 10. The second-order valence-corrected chi connectivity index (χ2v) is 10.3. The minimum atomic E-state index is -3.92. The van der Waals surface area contributed by atoms with E-state index in [2.05, 4.69) is 41.9 Å². The maximum absolute atomic E-state index is 12.9. The predicted octanol–water partition coefficient (Wildman–Crippen LogP) is 5.85. The van der Waals surface area contributed by atoms with Gasteiger partial charge in [-0.15, -0.1) is 0 Å². The highest BCUT2D eigenvalue weighted by atomic mass is 31.2. The van der Waals surface area contributed by atoms with E-state index < -0.39 is 13.4 Å². The van der Waals surface area contributed by atoms with E-state index in [0.29, 0.717) is 5.56 Å². The average Bonchev–Trinajstić information content (AvgIpc) is 3.17. The minimum Gasteiger partial charge on any atom is -0.412 e. The summed E-state index contributed by atoms with van der Waals surface area (Å²) in [5.41, 5.74) is 5.99. The van der Waals surface area contributed by atoms with Crippen LogP contribution in [0.5, 0.6) is 0 Å². The van der Waals surface area contributed by atoms with Gasteiger partial charge in [-0.2, -0.15) is 0 Å². The number of hydrogen-bond donors (Lipinski definition) is 2. The van der Waals surface area contributed by atoms with Crippen LogP contribution in [0.25, 0.3) is 11.0 Å². The van der Waals surface area contributed by atoms with Gasteiger partial charge in [0.2, 0.25) is 0 Å². The fourth-order valence-electron chi connectivity index (χ4n) is 4.22. The Morgan fingerprint density at radius 3 is 2.40 bits per heavy atom. The first-order chi connectivity index (χ1) is 16.4. The van der Waals surface area contributed by atoms with Crippen LogP contribution in [0.15, 0.2) is 72.8 Å². The predicted molar refractivity (Wildman–Crippen MR) is 142 cm³/mol. The number of nitrogens with zero attached hydrogens (tertiary/aromatic N) is 2. The SMILES string of the molecule is CCCc1nc2c(C)cccc2n1Cc1ccc(NC(c2ccccc2)P(=O)(O)OCC)cc1.O. The topological polar surface area (TPSA) is 108 Å². The molecule has 4 rings (SSSR count). The van der Waals surface area contributed by atoms with Crippen molar-refractivity contribution in [3.63, 3.8) is 0 Å². The fourth-order valence-corrected chi connectivity index (χ4v) is 5.60. The average molecular weight is 496 g/mol. The number of fused-ring (bicyclic) bond motifs is 1. The summed E-state index contributed by atoms with van der Waals surface area (Å²) in [4.78, 5) is 15.5. The zero-order valence-electron chi connectivity index (χ0n) is 20.4. The second-order valence-electron chi connectivity index (χ2n) is 8.44. The van der Waals surface area contributed by atoms with Crippen molar-refractivity contribution >= 4 is 24.3 Å². The zero-order valence-corrected chi connectivity index (χ0v) is 21.3. The molecule has 2 unspecified atom stereocenters. The fraction of sp³-hybridized carbons (Fsp3) is 0.296. The number of benzene rings is 3. The first-order valence-corrected chi connectivity index (χ1v) is 13.4. The summed E-state index contributed by atoms with van der Waals surface area (Å²) in [5, 5.41) is 3.22. The molecule has 0 saturated heterocycles. The zero-order chi connectivity index (χ0) is 24.1. The van der Waals surface area contributed by atoms with Crippen LogP contribution in [0.3, 0.4) is 0 Å². The van der Waals surface area contributed by atoms with E-state index in [-0.39, 0.29) is 12.1 Å². The first kappa shape index (κ1) is 26.6. The summed E-state index contributed by atoms with van der Waals surface area (Å²) in [6, 6.07) is 23.5. The molecule has 0 aliphatic heterocycles. The molecule has 4 N–H and O–H groups in total. The molecular formula is C27H34N3O4P. The van der Waals surface area contributed by atoms with Gasteiger partial charge in [-0.25, -0.2) is 4.98 Å². The van der Waals surface area contributed by atoms with Gasteiger partial charge in [0.25, 0.3) is 0 Å². The second kappa shape index (κ2) is 11.6. The molecule has 7 nitrogen and oxygen atoms in total. The highest BCUT2D eigenvalue weighted by molar-refractivity contribution is 7.53. The van der Waals surface area contributed by atoms with Crippen LogP contribution in [0.1, 0.15) is 48.6 Å². The highest BCUT2D eigenvalue weighted by Gasteiger charge is 2.33. The number of aromatic nitrogens is 2. The van der Waals surface area contributed by atoms with Crippen molar-refractivity contribution in [3.8, 4) is 0 Å². The molecular weight excluding hydrogens is 461 g/mol. The first-order valence-electron chi connectivity index (χ1n) is 11.7. The van der Waals surface area contributed by atoms with Gasteiger partial charge in [0.15, 0.2) is 5.78 Å². The Kier molecular flexibility index (Phi) is 8.87. The maximum Gasteiger partial charge on any atom is 0.354 e. The third-order valence-electron chi connectivity index (χ3n) is 5.89. The molecule has 2 atom stereocenters. The largest absolute Gasteiger partial charge is 0.412 e. The number of imidazole rings is 1. The lowest BCUT2D eigenvalue weighted by molar-refractivity contribution is 0.267. The van der Waals surface area contributed by atoms with E-state index in [1.54, 1.807) is 6.92 Å². The molecule has 1 aromatic heterocycles. The standard InChI is InChI=1S/C27H32N3O3P.H2O/c1-4-10-25-29-26-20(3)11-9-14-24(26)30(25)19-21-15-17-23(18-16-21)28-27(34(31,32)33-5-2)22-12-7-6-8-13-22;/h6-9,11-18,27-28H,4-5,10,19H2,1-3H3,(H,31,32);1H2. The van der Waals surface area contributed by atoms with Crippen molar-refractivity contribution in [2.75, 3.05) is 11.9 Å². The quantitative estimate of drug-likeness (QED) is 0.268. The van der Waals surface area contributed by atoms with E-state index in [4.69, 9.17) is 9.51 Å². The van der Waals surface area contributed by atoms with E-state index in [9.17, 15) is 9.46 Å². The van der Waals surface area contributed by atoms with E-state index >= 15 is 0 Å². The molecule has 0 aliphatic rings. The summed E-state index contributed by atoms with van der Waals surface area (Å²) in [7, 11) is -3.92. The lowest BCUT2D eigenvalue weighted by Gasteiger charge is -2.25. The molecule has 3 aromatic carbocycles. The normalized spacial score (nSPS) is 13.7. The van der Waals surface area contributed by atoms with Crippen LogP contribution in [0.4, 0.5) is 5.69 Å². The highest BCUT2D eigenvalue weighted by Crippen LogP contribution is 2.56. The van der Waals surface area contributed by atoms with E-state index in [1.807, 2.05) is 54.6 Å². The summed E-state index contributed by atoms with van der Waals surface area (Å²) in [6.45, 7) is 6.86. The molecule has 0 saturated carbocycles. The molecule has 0 radical (unpaired) electrons. The van der Waals surface area contributed by atoms with Crippen LogP contribution in [0, 0.1) is 6.92 Å². The molecule has 0 amide bonds. The molecule has 0 spiro atoms. The van der Waals surface area contributed by atoms with Crippen LogP contribution in [0.2, 0.25) is 0 Å². The summed E-state index contributed by atoms with van der Waals surface area (Å²) in [5.74, 6) is 0.243. The van der Waals surface area contributed by atoms with Crippen molar-refractivity contribution in [2.24, 2.45) is 0 Å². The van der Waals surface area contributed by atoms with E-state index in [1.165, 1.54) is 5.56 Å². The molecule has 0 bridgehead atoms. The van der Waals surface area contributed by atoms with Gasteiger partial charge >= 0.3 is 7.60 Å². The Hall–Kier alpha value is -2.96. The van der Waals surface area contributed by atoms with Gasteiger partial charge in [0.05, 0.1) is 17.6 Å². The maximum atomic E-state index is 12.9. The molecule has 35 heavy (non-hydrogen) atoms. The van der Waals surface area contributed by atoms with Gasteiger partial charge in [-0.1, -0.05) is 61.5 Å². The molecule has 0 fully saturated rings. The van der Waals surface area contributed by atoms with Crippen LogP contribution in [-0.2, 0) is 22.1 Å². The molecule has 8 heteroatoms. The van der Waals surface area contributed by atoms with Crippen LogP contribution >= 0.6 is 7.60 Å². The lowest BCUT2D eigenvalue weighted by Crippen LogP contribution is -2.13. The third kappa shape index (κ3) is 6.00. The molecule has 1 heterocycles. The smallest absolute Gasteiger partial charge is 0.354 e. The van der Waals surface area contributed by atoms with Crippen molar-refractivity contribution < 1.29 is 19.5 Å². The van der Waals surface area contributed by atoms with Crippen LogP contribution in [-0.4, -0.2) is 26.5 Å². The number of anilines is 1. The molecule has 4 aromatic rings. The van der Waals surface area contributed by atoms with Gasteiger partial charge in [-0.05, 0) is 55.2 Å². The Morgan fingerprint density at radius 2 is 1.74 bits per heavy atom. The summed E-state index contributed by atoms with van der Waals surface area (Å²) in [6.07, 6.45) is 1.96. The summed E-state index contributed by atoms with van der Waals surface area (Å²) >= 11 is 0. The summed E-state index contributed by atoms with van der Waals surface area (Å²) < 4.78 is 20.4. The monoisotopic (exact) mass is 495 g/mol. The molecule has 186 valence electrons.